The molecule has 4 rings (SSSR count). The first-order chi connectivity index (χ1) is 15.1. The third-order valence-electron chi connectivity index (χ3n) is 5.10. The second kappa shape index (κ2) is 11.3. The number of hydrogen-bond acceptors (Lipinski definition) is 6. The fourth-order valence-electron chi connectivity index (χ4n) is 3.34. The van der Waals surface area contributed by atoms with Crippen molar-refractivity contribution in [2.24, 2.45) is 0 Å². The third-order valence-corrected chi connectivity index (χ3v) is 5.10. The zero-order valence-electron chi connectivity index (χ0n) is 18.9. The molecule has 3 aromatic heterocycles. The van der Waals surface area contributed by atoms with E-state index in [9.17, 15) is 0 Å². The van der Waals surface area contributed by atoms with E-state index in [0.29, 0.717) is 0 Å². The Morgan fingerprint density at radius 3 is 2.58 bits per heavy atom. The molecular weight excluding hydrogens is 388 g/mol. The highest BCUT2D eigenvalue weighted by Gasteiger charge is 2.18. The van der Waals surface area contributed by atoms with Gasteiger partial charge in [0, 0.05) is 55.5 Å². The summed E-state index contributed by atoms with van der Waals surface area (Å²) >= 11 is 0. The number of rotatable bonds is 5. The maximum atomic E-state index is 5.48. The van der Waals surface area contributed by atoms with E-state index < -0.39 is 0 Å². The molecule has 1 saturated heterocycles. The molecule has 3 aromatic rings. The maximum Gasteiger partial charge on any atom is 0.131 e. The number of aromatic amines is 1. The molecule has 0 amide bonds. The molecule has 7 heteroatoms. The topological polar surface area (TPSA) is 70.2 Å². The molecule has 0 saturated carbocycles. The number of ether oxygens (including phenoxy) is 1. The maximum absolute atomic E-state index is 5.48. The lowest BCUT2D eigenvalue weighted by Gasteiger charge is -2.30. The van der Waals surface area contributed by atoms with Gasteiger partial charge in [-0.05, 0) is 38.5 Å². The van der Waals surface area contributed by atoms with Crippen LogP contribution in [0.1, 0.15) is 30.3 Å². The van der Waals surface area contributed by atoms with Crippen LogP contribution in [-0.2, 0) is 4.74 Å². The van der Waals surface area contributed by atoms with E-state index in [2.05, 4.69) is 70.2 Å². The number of anilines is 3. The number of aromatic nitrogens is 4. The number of allylic oxidation sites excluding steroid dienone is 1. The standard InChI is InChI=1S/C20H26N4O.C4H6N2/c1-4-5-8-18-16(2)22-20(24-10-12-25-13-11-24)14-19(18)23(3)17-7-6-9-21-15-17;1-4-2-3-5-6-4/h5-9,14-15H,4,10-13H2,1-3H3;2-3H,1H3,(H,5,6)/b8-5-;. The predicted molar refractivity (Wildman–Crippen MR) is 127 cm³/mol. The lowest BCUT2D eigenvalue weighted by Crippen LogP contribution is -2.37. The summed E-state index contributed by atoms with van der Waals surface area (Å²) in [7, 11) is 2.08. The van der Waals surface area contributed by atoms with E-state index >= 15 is 0 Å². The quantitative estimate of drug-likeness (QED) is 0.654. The van der Waals surface area contributed by atoms with Gasteiger partial charge < -0.3 is 14.5 Å². The Kier molecular flexibility index (Phi) is 8.18. The minimum atomic E-state index is 0.756. The van der Waals surface area contributed by atoms with Crippen LogP contribution in [0.15, 0.2) is 48.9 Å². The van der Waals surface area contributed by atoms with Crippen molar-refractivity contribution in [1.82, 2.24) is 20.2 Å². The van der Waals surface area contributed by atoms with Gasteiger partial charge in [-0.1, -0.05) is 19.1 Å². The second-order valence-corrected chi connectivity index (χ2v) is 7.42. The summed E-state index contributed by atoms with van der Waals surface area (Å²) in [4.78, 5) is 13.6. The molecule has 4 heterocycles. The summed E-state index contributed by atoms with van der Waals surface area (Å²) < 4.78 is 5.48. The summed E-state index contributed by atoms with van der Waals surface area (Å²) in [5.41, 5.74) is 5.51. The summed E-state index contributed by atoms with van der Waals surface area (Å²) in [6.45, 7) is 9.47. The first kappa shape index (κ1) is 22.5. The minimum Gasteiger partial charge on any atom is -0.378 e. The summed E-state index contributed by atoms with van der Waals surface area (Å²) in [6, 6.07) is 8.13. The van der Waals surface area contributed by atoms with Crippen LogP contribution in [-0.4, -0.2) is 53.5 Å². The molecule has 0 aromatic carbocycles. The lowest BCUT2D eigenvalue weighted by molar-refractivity contribution is 0.122. The molecular formula is C24H32N6O. The van der Waals surface area contributed by atoms with Gasteiger partial charge in [-0.3, -0.25) is 10.1 Å². The van der Waals surface area contributed by atoms with E-state index in [1.54, 1.807) is 12.4 Å². The largest absolute Gasteiger partial charge is 0.378 e. The van der Waals surface area contributed by atoms with Gasteiger partial charge in [0.1, 0.15) is 5.82 Å². The van der Waals surface area contributed by atoms with Crippen molar-refractivity contribution in [3.05, 3.63) is 65.9 Å². The monoisotopic (exact) mass is 420 g/mol. The fraction of sp³-hybridized carbons (Fsp3) is 0.375. The average molecular weight is 421 g/mol. The SMILES string of the molecule is CC/C=C\c1c(N(C)c2cccnc2)cc(N2CCOCC2)nc1C.Cc1ccn[nH]1. The normalized spacial score (nSPS) is 13.7. The summed E-state index contributed by atoms with van der Waals surface area (Å²) in [5, 5.41) is 6.45. The Morgan fingerprint density at radius 2 is 2.00 bits per heavy atom. The van der Waals surface area contributed by atoms with Crippen LogP contribution in [0.4, 0.5) is 17.2 Å². The van der Waals surface area contributed by atoms with Crippen LogP contribution in [0.25, 0.3) is 6.08 Å². The van der Waals surface area contributed by atoms with Crippen molar-refractivity contribution in [3.8, 4) is 0 Å². The first-order valence-electron chi connectivity index (χ1n) is 10.7. The van der Waals surface area contributed by atoms with E-state index in [-0.39, 0.29) is 0 Å². The van der Waals surface area contributed by atoms with Crippen molar-refractivity contribution >= 4 is 23.3 Å². The van der Waals surface area contributed by atoms with Gasteiger partial charge in [0.15, 0.2) is 0 Å². The predicted octanol–water partition coefficient (Wildman–Crippen LogP) is 4.53. The first-order valence-corrected chi connectivity index (χ1v) is 10.7. The Labute approximate surface area is 184 Å². The third kappa shape index (κ3) is 6.15. The van der Waals surface area contributed by atoms with E-state index in [0.717, 1.165) is 66.9 Å². The van der Waals surface area contributed by atoms with E-state index in [1.807, 2.05) is 25.3 Å². The number of nitrogens with zero attached hydrogens (tertiary/aromatic N) is 5. The van der Waals surface area contributed by atoms with Crippen molar-refractivity contribution in [1.29, 1.82) is 0 Å². The van der Waals surface area contributed by atoms with Gasteiger partial charge in [0.05, 0.1) is 30.8 Å². The van der Waals surface area contributed by atoms with Crippen molar-refractivity contribution in [2.75, 3.05) is 43.2 Å². The Bertz CT molecular complexity index is 950. The van der Waals surface area contributed by atoms with Crippen LogP contribution in [0.2, 0.25) is 0 Å². The van der Waals surface area contributed by atoms with Gasteiger partial charge in [0.2, 0.25) is 0 Å². The van der Waals surface area contributed by atoms with E-state index in [1.165, 1.54) is 0 Å². The van der Waals surface area contributed by atoms with Gasteiger partial charge in [-0.25, -0.2) is 4.98 Å². The molecule has 1 aliphatic heterocycles. The minimum absolute atomic E-state index is 0.756. The Morgan fingerprint density at radius 1 is 1.19 bits per heavy atom. The van der Waals surface area contributed by atoms with Crippen molar-refractivity contribution in [3.63, 3.8) is 0 Å². The number of H-pyrrole nitrogens is 1. The molecule has 0 unspecified atom stereocenters. The highest BCUT2D eigenvalue weighted by Crippen LogP contribution is 2.32. The number of morpholine rings is 1. The molecule has 31 heavy (non-hydrogen) atoms. The smallest absolute Gasteiger partial charge is 0.131 e. The molecule has 164 valence electrons. The number of nitrogens with one attached hydrogen (secondary N) is 1. The Balaban J connectivity index is 0.000000391. The summed E-state index contributed by atoms with van der Waals surface area (Å²) in [5.74, 6) is 1.01. The number of aryl methyl sites for hydroxylation is 2. The van der Waals surface area contributed by atoms with Crippen LogP contribution in [0, 0.1) is 13.8 Å². The molecule has 0 aliphatic carbocycles. The van der Waals surface area contributed by atoms with E-state index in [4.69, 9.17) is 9.72 Å². The number of pyridine rings is 2. The van der Waals surface area contributed by atoms with Crippen LogP contribution >= 0.6 is 0 Å². The van der Waals surface area contributed by atoms with Crippen molar-refractivity contribution < 1.29 is 4.74 Å². The zero-order chi connectivity index (χ0) is 22.1. The molecule has 0 atom stereocenters. The fourth-order valence-corrected chi connectivity index (χ4v) is 3.34. The molecule has 1 fully saturated rings. The molecule has 0 radical (unpaired) electrons. The van der Waals surface area contributed by atoms with Gasteiger partial charge in [-0.2, -0.15) is 5.10 Å². The van der Waals surface area contributed by atoms with Gasteiger partial charge in [0.25, 0.3) is 0 Å². The van der Waals surface area contributed by atoms with Crippen molar-refractivity contribution in [2.45, 2.75) is 27.2 Å². The molecule has 1 N–H and O–H groups in total. The molecule has 0 bridgehead atoms. The van der Waals surface area contributed by atoms with Crippen LogP contribution in [0.3, 0.4) is 0 Å². The zero-order valence-corrected chi connectivity index (χ0v) is 18.9. The summed E-state index contributed by atoms with van der Waals surface area (Å²) in [6.07, 6.45) is 10.8. The second-order valence-electron chi connectivity index (χ2n) is 7.42. The van der Waals surface area contributed by atoms with Crippen LogP contribution in [0.5, 0.6) is 0 Å². The Hall–Kier alpha value is -3.19. The highest BCUT2D eigenvalue weighted by molar-refractivity contribution is 5.77. The lowest BCUT2D eigenvalue weighted by atomic mass is 10.1. The molecule has 7 nitrogen and oxygen atoms in total. The number of hydrogen-bond donors (Lipinski definition) is 1. The molecule has 1 aliphatic rings. The van der Waals surface area contributed by atoms with Gasteiger partial charge in [-0.15, -0.1) is 0 Å². The van der Waals surface area contributed by atoms with Crippen LogP contribution < -0.4 is 9.80 Å². The molecule has 0 spiro atoms. The highest BCUT2D eigenvalue weighted by atomic mass is 16.5. The van der Waals surface area contributed by atoms with Gasteiger partial charge >= 0.3 is 0 Å². The average Bonchev–Trinajstić information content (AvgIpc) is 3.30.